The average Bonchev–Trinajstić information content (AvgIpc) is 2.83. The van der Waals surface area contributed by atoms with Gasteiger partial charge >= 0.3 is 0 Å². The lowest BCUT2D eigenvalue weighted by molar-refractivity contribution is -0.108. The Bertz CT molecular complexity index is 251. The normalized spacial score (nSPS) is 35.8. The second-order valence-corrected chi connectivity index (χ2v) is 6.23. The molecule has 3 heteroatoms. The van der Waals surface area contributed by atoms with Gasteiger partial charge in [-0.2, -0.15) is 0 Å². The van der Waals surface area contributed by atoms with E-state index in [0.717, 1.165) is 57.1 Å². The zero-order chi connectivity index (χ0) is 13.0. The Labute approximate surface area is 112 Å². The molecule has 106 valence electrons. The second kappa shape index (κ2) is 6.36. The van der Waals surface area contributed by atoms with Crippen LogP contribution in [0, 0.1) is 17.8 Å². The van der Waals surface area contributed by atoms with Gasteiger partial charge in [-0.25, -0.2) is 0 Å². The van der Waals surface area contributed by atoms with E-state index in [2.05, 4.69) is 26.1 Å². The van der Waals surface area contributed by atoms with Crippen LogP contribution >= 0.6 is 0 Å². The maximum Gasteiger partial charge on any atom is 0.0939 e. The Morgan fingerprint density at radius 3 is 2.83 bits per heavy atom. The summed E-state index contributed by atoms with van der Waals surface area (Å²) in [5.41, 5.74) is 0.0646. The molecule has 0 bridgehead atoms. The summed E-state index contributed by atoms with van der Waals surface area (Å²) in [6, 6.07) is 0. The molecule has 2 rings (SSSR count). The second-order valence-electron chi connectivity index (χ2n) is 6.23. The number of ether oxygens (including phenoxy) is 2. The summed E-state index contributed by atoms with van der Waals surface area (Å²) >= 11 is 0. The van der Waals surface area contributed by atoms with Gasteiger partial charge in [0, 0.05) is 19.6 Å². The molecule has 4 unspecified atom stereocenters. The fraction of sp³-hybridized carbons (Fsp3) is 1.00. The summed E-state index contributed by atoms with van der Waals surface area (Å²) < 4.78 is 11.6. The number of hydrogen-bond acceptors (Lipinski definition) is 3. The zero-order valence-electron chi connectivity index (χ0n) is 12.2. The number of rotatable bonds is 5. The molecule has 0 aliphatic carbocycles. The smallest absolute Gasteiger partial charge is 0.0939 e. The summed E-state index contributed by atoms with van der Waals surface area (Å²) in [6.07, 6.45) is 3.52. The van der Waals surface area contributed by atoms with E-state index in [9.17, 15) is 0 Å². The Morgan fingerprint density at radius 2 is 2.17 bits per heavy atom. The van der Waals surface area contributed by atoms with Crippen LogP contribution in [0.4, 0.5) is 0 Å². The van der Waals surface area contributed by atoms with Crippen LogP contribution in [0.2, 0.25) is 0 Å². The molecular formula is C15H29NO2. The molecule has 2 fully saturated rings. The molecule has 3 nitrogen and oxygen atoms in total. The van der Waals surface area contributed by atoms with E-state index >= 15 is 0 Å². The average molecular weight is 255 g/mol. The summed E-state index contributed by atoms with van der Waals surface area (Å²) in [5, 5.41) is 3.47. The molecule has 2 heterocycles. The van der Waals surface area contributed by atoms with Crippen molar-refractivity contribution in [1.82, 2.24) is 5.32 Å². The third-order valence-corrected chi connectivity index (χ3v) is 4.96. The van der Waals surface area contributed by atoms with Crippen LogP contribution < -0.4 is 5.32 Å². The summed E-state index contributed by atoms with van der Waals surface area (Å²) in [6.45, 7) is 11.8. The zero-order valence-corrected chi connectivity index (χ0v) is 12.2. The third-order valence-electron chi connectivity index (χ3n) is 4.96. The van der Waals surface area contributed by atoms with Crippen LogP contribution in [0.1, 0.15) is 40.0 Å². The first-order valence-electron chi connectivity index (χ1n) is 7.59. The molecule has 1 spiro atoms. The maximum atomic E-state index is 6.03. The van der Waals surface area contributed by atoms with Crippen molar-refractivity contribution in [2.45, 2.75) is 45.6 Å². The molecule has 0 aromatic rings. The van der Waals surface area contributed by atoms with Crippen LogP contribution in [0.3, 0.4) is 0 Å². The predicted octanol–water partition coefficient (Wildman–Crippen LogP) is 2.45. The predicted molar refractivity (Wildman–Crippen MR) is 73.7 cm³/mol. The van der Waals surface area contributed by atoms with E-state index in [1.54, 1.807) is 0 Å². The van der Waals surface area contributed by atoms with Gasteiger partial charge in [-0.05, 0) is 43.7 Å². The van der Waals surface area contributed by atoms with Crippen LogP contribution in [0.15, 0.2) is 0 Å². The molecule has 0 radical (unpaired) electrons. The summed E-state index contributed by atoms with van der Waals surface area (Å²) in [4.78, 5) is 0. The molecule has 4 atom stereocenters. The van der Waals surface area contributed by atoms with Crippen LogP contribution in [0.25, 0.3) is 0 Å². The topological polar surface area (TPSA) is 30.5 Å². The van der Waals surface area contributed by atoms with E-state index in [0.29, 0.717) is 0 Å². The van der Waals surface area contributed by atoms with E-state index in [4.69, 9.17) is 9.47 Å². The van der Waals surface area contributed by atoms with E-state index in [1.165, 1.54) is 12.8 Å². The highest BCUT2D eigenvalue weighted by Crippen LogP contribution is 2.40. The van der Waals surface area contributed by atoms with Gasteiger partial charge in [0.2, 0.25) is 0 Å². The molecular weight excluding hydrogens is 226 g/mol. The number of nitrogens with one attached hydrogen (secondary N) is 1. The molecule has 2 aliphatic rings. The van der Waals surface area contributed by atoms with Crippen molar-refractivity contribution < 1.29 is 9.47 Å². The lowest BCUT2D eigenvalue weighted by Crippen LogP contribution is -2.43. The van der Waals surface area contributed by atoms with Crippen LogP contribution in [-0.2, 0) is 9.47 Å². The minimum atomic E-state index is 0.0646. The molecule has 18 heavy (non-hydrogen) atoms. The molecule has 2 saturated heterocycles. The molecule has 0 aromatic heterocycles. The standard InChI is InChI=1S/C15H29NO2/c1-4-16-10-12(2)13(3)14-5-7-18-15(9-14)6-8-17-11-15/h12-14,16H,4-11H2,1-3H3. The van der Waals surface area contributed by atoms with Crippen LogP contribution in [-0.4, -0.2) is 38.5 Å². The molecule has 0 saturated carbocycles. The molecule has 1 N–H and O–H groups in total. The van der Waals surface area contributed by atoms with Gasteiger partial charge in [-0.3, -0.25) is 0 Å². The van der Waals surface area contributed by atoms with Gasteiger partial charge in [-0.15, -0.1) is 0 Å². The fourth-order valence-corrected chi connectivity index (χ4v) is 3.40. The SMILES string of the molecule is CCNCC(C)C(C)C1CCOC2(CCOC2)C1. The van der Waals surface area contributed by atoms with Gasteiger partial charge < -0.3 is 14.8 Å². The highest BCUT2D eigenvalue weighted by Gasteiger charge is 2.42. The van der Waals surface area contributed by atoms with Crippen molar-refractivity contribution in [3.63, 3.8) is 0 Å². The first kappa shape index (κ1) is 14.3. The van der Waals surface area contributed by atoms with Crippen molar-refractivity contribution in [1.29, 1.82) is 0 Å². The van der Waals surface area contributed by atoms with Gasteiger partial charge in [0.15, 0.2) is 0 Å². The summed E-state index contributed by atoms with van der Waals surface area (Å²) in [5.74, 6) is 2.31. The first-order valence-corrected chi connectivity index (χ1v) is 7.59. The van der Waals surface area contributed by atoms with Crippen molar-refractivity contribution in [2.24, 2.45) is 17.8 Å². The Balaban J connectivity index is 1.87. The fourth-order valence-electron chi connectivity index (χ4n) is 3.40. The molecule has 2 aliphatic heterocycles. The quantitative estimate of drug-likeness (QED) is 0.818. The molecule has 0 aromatic carbocycles. The van der Waals surface area contributed by atoms with Crippen LogP contribution in [0.5, 0.6) is 0 Å². The lowest BCUT2D eigenvalue weighted by atomic mass is 9.74. The van der Waals surface area contributed by atoms with E-state index < -0.39 is 0 Å². The Kier molecular flexibility index (Phi) is 5.05. The summed E-state index contributed by atoms with van der Waals surface area (Å²) in [7, 11) is 0. The highest BCUT2D eigenvalue weighted by molar-refractivity contribution is 4.92. The van der Waals surface area contributed by atoms with Gasteiger partial charge in [0.25, 0.3) is 0 Å². The minimum Gasteiger partial charge on any atom is -0.378 e. The maximum absolute atomic E-state index is 6.03. The van der Waals surface area contributed by atoms with Crippen molar-refractivity contribution in [2.75, 3.05) is 32.9 Å². The number of hydrogen-bond donors (Lipinski definition) is 1. The van der Waals surface area contributed by atoms with Crippen molar-refractivity contribution in [3.8, 4) is 0 Å². The van der Waals surface area contributed by atoms with Crippen molar-refractivity contribution >= 4 is 0 Å². The van der Waals surface area contributed by atoms with E-state index in [-0.39, 0.29) is 5.60 Å². The third kappa shape index (κ3) is 3.25. The first-order chi connectivity index (χ1) is 8.67. The van der Waals surface area contributed by atoms with E-state index in [1.807, 2.05) is 0 Å². The van der Waals surface area contributed by atoms with Gasteiger partial charge in [0.05, 0.1) is 12.2 Å². The van der Waals surface area contributed by atoms with Gasteiger partial charge in [-0.1, -0.05) is 20.8 Å². The van der Waals surface area contributed by atoms with Crippen molar-refractivity contribution in [3.05, 3.63) is 0 Å². The Morgan fingerprint density at radius 1 is 1.33 bits per heavy atom. The highest BCUT2D eigenvalue weighted by atomic mass is 16.6. The lowest BCUT2D eigenvalue weighted by Gasteiger charge is -2.41. The minimum absolute atomic E-state index is 0.0646. The Hall–Kier alpha value is -0.120. The monoisotopic (exact) mass is 255 g/mol. The molecule has 0 amide bonds. The van der Waals surface area contributed by atoms with Gasteiger partial charge in [0.1, 0.15) is 0 Å². The largest absolute Gasteiger partial charge is 0.378 e.